The first-order chi connectivity index (χ1) is 13.1. The molecule has 1 saturated carbocycles. The second-order valence-electron chi connectivity index (χ2n) is 7.23. The van der Waals surface area contributed by atoms with Crippen molar-refractivity contribution in [3.05, 3.63) is 41.9 Å². The fourth-order valence-corrected chi connectivity index (χ4v) is 3.44. The van der Waals surface area contributed by atoms with Gasteiger partial charge in [-0.15, -0.1) is 0 Å². The van der Waals surface area contributed by atoms with Crippen LogP contribution in [0.2, 0.25) is 0 Å². The van der Waals surface area contributed by atoms with Gasteiger partial charge in [0.05, 0.1) is 12.1 Å². The van der Waals surface area contributed by atoms with E-state index in [1.54, 1.807) is 24.4 Å². The van der Waals surface area contributed by atoms with Crippen LogP contribution in [0.3, 0.4) is 0 Å². The molecule has 0 bridgehead atoms. The highest BCUT2D eigenvalue weighted by Crippen LogP contribution is 2.53. The van der Waals surface area contributed by atoms with E-state index in [1.807, 2.05) is 11.0 Å². The summed E-state index contributed by atoms with van der Waals surface area (Å²) in [5.74, 6) is 0.131. The highest BCUT2D eigenvalue weighted by molar-refractivity contribution is 5.96. The summed E-state index contributed by atoms with van der Waals surface area (Å²) in [7, 11) is 0. The molecule has 1 aliphatic carbocycles. The van der Waals surface area contributed by atoms with Crippen LogP contribution in [-0.2, 0) is 4.79 Å². The van der Waals surface area contributed by atoms with Crippen molar-refractivity contribution in [2.75, 3.05) is 19.6 Å². The average Bonchev–Trinajstić information content (AvgIpc) is 3.28. The molecule has 8 nitrogen and oxygen atoms in total. The number of carbonyl (C=O) groups is 2. The SMILES string of the molecule is N#Cc1ccn(-c2ccc(C(=O)NCC(=O)N3CCC4(CC3)CC4)cn2)n1. The standard InChI is InChI=1S/C19H20N6O2/c20-11-15-3-8-25(23-15)16-2-1-14(12-21-16)18(27)22-13-17(26)24-9-6-19(4-5-19)7-10-24/h1-3,8,12H,4-7,9-10,13H2,(H,22,27). The number of aromatic nitrogens is 3. The van der Waals surface area contributed by atoms with E-state index < -0.39 is 0 Å². The minimum Gasteiger partial charge on any atom is -0.343 e. The van der Waals surface area contributed by atoms with Gasteiger partial charge in [-0.05, 0) is 49.3 Å². The first kappa shape index (κ1) is 17.2. The highest BCUT2D eigenvalue weighted by Gasteiger charge is 2.44. The van der Waals surface area contributed by atoms with Gasteiger partial charge in [0.2, 0.25) is 5.91 Å². The van der Waals surface area contributed by atoms with Gasteiger partial charge in [-0.25, -0.2) is 9.67 Å². The molecule has 2 fully saturated rings. The van der Waals surface area contributed by atoms with E-state index in [9.17, 15) is 9.59 Å². The lowest BCUT2D eigenvalue weighted by atomic mass is 9.94. The molecule has 0 radical (unpaired) electrons. The molecular formula is C19H20N6O2. The number of nitrogens with one attached hydrogen (secondary N) is 1. The molecule has 4 rings (SSSR count). The number of nitrogens with zero attached hydrogens (tertiary/aromatic N) is 5. The van der Waals surface area contributed by atoms with Crippen LogP contribution in [0.5, 0.6) is 0 Å². The molecule has 3 heterocycles. The van der Waals surface area contributed by atoms with E-state index in [0.29, 0.717) is 22.5 Å². The van der Waals surface area contributed by atoms with Crippen LogP contribution in [0.15, 0.2) is 30.6 Å². The Kier molecular flexibility index (Phi) is 4.36. The van der Waals surface area contributed by atoms with Crippen LogP contribution >= 0.6 is 0 Å². The Labute approximate surface area is 156 Å². The maximum Gasteiger partial charge on any atom is 0.253 e. The second-order valence-corrected chi connectivity index (χ2v) is 7.23. The maximum absolute atomic E-state index is 12.3. The van der Waals surface area contributed by atoms with E-state index in [4.69, 9.17) is 5.26 Å². The van der Waals surface area contributed by atoms with Crippen LogP contribution < -0.4 is 5.32 Å². The lowest BCUT2D eigenvalue weighted by Crippen LogP contribution is -2.44. The van der Waals surface area contributed by atoms with Gasteiger partial charge in [-0.1, -0.05) is 0 Å². The number of piperidine rings is 1. The Morgan fingerprint density at radius 2 is 1.96 bits per heavy atom. The third-order valence-corrected chi connectivity index (χ3v) is 5.48. The van der Waals surface area contributed by atoms with Crippen molar-refractivity contribution in [2.24, 2.45) is 5.41 Å². The molecule has 2 amide bonds. The number of rotatable bonds is 4. The van der Waals surface area contributed by atoms with Gasteiger partial charge in [0.25, 0.3) is 5.91 Å². The zero-order valence-corrected chi connectivity index (χ0v) is 14.9. The summed E-state index contributed by atoms with van der Waals surface area (Å²) < 4.78 is 1.47. The number of hydrogen-bond donors (Lipinski definition) is 1. The molecule has 138 valence electrons. The summed E-state index contributed by atoms with van der Waals surface area (Å²) in [6.07, 6.45) is 7.82. The molecular weight excluding hydrogens is 344 g/mol. The molecule has 1 saturated heterocycles. The van der Waals surface area contributed by atoms with E-state index in [0.717, 1.165) is 25.9 Å². The van der Waals surface area contributed by atoms with Crippen molar-refractivity contribution in [1.82, 2.24) is 25.0 Å². The summed E-state index contributed by atoms with van der Waals surface area (Å²) in [5.41, 5.74) is 1.19. The highest BCUT2D eigenvalue weighted by atomic mass is 16.2. The van der Waals surface area contributed by atoms with Crippen LogP contribution in [0.25, 0.3) is 5.82 Å². The second kappa shape index (κ2) is 6.83. The van der Waals surface area contributed by atoms with Gasteiger partial charge >= 0.3 is 0 Å². The number of pyridine rings is 1. The van der Waals surface area contributed by atoms with Crippen LogP contribution in [-0.4, -0.2) is 51.1 Å². The molecule has 0 aromatic carbocycles. The first-order valence-electron chi connectivity index (χ1n) is 9.07. The van der Waals surface area contributed by atoms with Gasteiger partial charge in [-0.2, -0.15) is 10.4 Å². The van der Waals surface area contributed by atoms with E-state index in [1.165, 1.54) is 23.7 Å². The molecule has 1 aliphatic heterocycles. The van der Waals surface area contributed by atoms with Crippen LogP contribution in [0, 0.1) is 16.7 Å². The zero-order chi connectivity index (χ0) is 18.9. The normalized spacial score (nSPS) is 17.4. The minimum absolute atomic E-state index is 0.00172. The Balaban J connectivity index is 1.30. The summed E-state index contributed by atoms with van der Waals surface area (Å²) in [5, 5.41) is 15.5. The minimum atomic E-state index is -0.337. The summed E-state index contributed by atoms with van der Waals surface area (Å²) in [6, 6.07) is 6.79. The number of nitriles is 1. The first-order valence-corrected chi connectivity index (χ1v) is 9.07. The molecule has 2 aliphatic rings. The van der Waals surface area contributed by atoms with Gasteiger partial charge in [0.1, 0.15) is 6.07 Å². The lowest BCUT2D eigenvalue weighted by molar-refractivity contribution is -0.131. The van der Waals surface area contributed by atoms with Crippen molar-refractivity contribution in [3.8, 4) is 11.9 Å². The van der Waals surface area contributed by atoms with E-state index in [-0.39, 0.29) is 18.4 Å². The summed E-state index contributed by atoms with van der Waals surface area (Å²) >= 11 is 0. The van der Waals surface area contributed by atoms with Crippen LogP contribution in [0.4, 0.5) is 0 Å². The lowest BCUT2D eigenvalue weighted by Gasteiger charge is -2.32. The average molecular weight is 364 g/mol. The molecule has 27 heavy (non-hydrogen) atoms. The topological polar surface area (TPSA) is 104 Å². The molecule has 8 heteroatoms. The predicted octanol–water partition coefficient (Wildman–Crippen LogP) is 1.27. The summed E-state index contributed by atoms with van der Waals surface area (Å²) in [6.45, 7) is 1.58. The van der Waals surface area contributed by atoms with Crippen molar-refractivity contribution < 1.29 is 9.59 Å². The quantitative estimate of drug-likeness (QED) is 0.880. The third kappa shape index (κ3) is 3.67. The largest absolute Gasteiger partial charge is 0.343 e. The Morgan fingerprint density at radius 3 is 2.56 bits per heavy atom. The van der Waals surface area contributed by atoms with Gasteiger partial charge in [0.15, 0.2) is 11.5 Å². The number of likely N-dealkylation sites (tertiary alicyclic amines) is 1. The van der Waals surface area contributed by atoms with E-state index >= 15 is 0 Å². The van der Waals surface area contributed by atoms with Crippen molar-refractivity contribution in [1.29, 1.82) is 5.26 Å². The molecule has 1 spiro atoms. The Bertz CT molecular complexity index is 897. The Morgan fingerprint density at radius 1 is 1.19 bits per heavy atom. The van der Waals surface area contributed by atoms with Gasteiger partial charge in [0, 0.05) is 25.5 Å². The zero-order valence-electron chi connectivity index (χ0n) is 14.9. The number of hydrogen-bond acceptors (Lipinski definition) is 5. The molecule has 0 atom stereocenters. The smallest absolute Gasteiger partial charge is 0.253 e. The van der Waals surface area contributed by atoms with Crippen molar-refractivity contribution in [2.45, 2.75) is 25.7 Å². The van der Waals surface area contributed by atoms with Gasteiger partial charge in [-0.3, -0.25) is 9.59 Å². The number of amides is 2. The maximum atomic E-state index is 12.3. The summed E-state index contributed by atoms with van der Waals surface area (Å²) in [4.78, 5) is 30.6. The number of carbonyl (C=O) groups excluding carboxylic acids is 2. The molecule has 2 aromatic rings. The van der Waals surface area contributed by atoms with Crippen molar-refractivity contribution >= 4 is 11.8 Å². The third-order valence-electron chi connectivity index (χ3n) is 5.48. The molecule has 0 unspecified atom stereocenters. The fraction of sp³-hybridized carbons (Fsp3) is 0.421. The fourth-order valence-electron chi connectivity index (χ4n) is 3.44. The van der Waals surface area contributed by atoms with Crippen molar-refractivity contribution in [3.63, 3.8) is 0 Å². The molecule has 2 aromatic heterocycles. The van der Waals surface area contributed by atoms with E-state index in [2.05, 4.69) is 15.4 Å². The monoisotopic (exact) mass is 364 g/mol. The molecule has 1 N–H and O–H groups in total. The predicted molar refractivity (Wildman–Crippen MR) is 95.9 cm³/mol. The van der Waals surface area contributed by atoms with Gasteiger partial charge < -0.3 is 10.2 Å². The van der Waals surface area contributed by atoms with Crippen LogP contribution in [0.1, 0.15) is 41.7 Å². The Hall–Kier alpha value is -3.21.